The standard InChI is InChI=1S/C20H12ClNO5S2/c21-14-6-7-16(15(10-14)20(23)13-4-2-1-3-5-13)27-29(24,25)19-9-8-18(28-19)17-11-22-12-26-17/h1-12H. The highest BCUT2D eigenvalue weighted by molar-refractivity contribution is 7.89. The molecule has 0 amide bonds. The molecular formula is C20H12ClNO5S2. The molecule has 0 fully saturated rings. The van der Waals surface area contributed by atoms with E-state index in [1.54, 1.807) is 36.4 Å². The second-order valence-corrected chi connectivity index (χ2v) is 9.15. The first kappa shape index (κ1) is 19.4. The van der Waals surface area contributed by atoms with Crippen LogP contribution < -0.4 is 4.18 Å². The van der Waals surface area contributed by atoms with Crippen molar-refractivity contribution in [2.45, 2.75) is 4.21 Å². The Morgan fingerprint density at radius 1 is 1.07 bits per heavy atom. The number of hydrogen-bond donors (Lipinski definition) is 0. The van der Waals surface area contributed by atoms with Crippen LogP contribution >= 0.6 is 22.9 Å². The smallest absolute Gasteiger partial charge is 0.348 e. The summed E-state index contributed by atoms with van der Waals surface area (Å²) in [5.74, 6) is -0.0485. The first-order valence-electron chi connectivity index (χ1n) is 8.26. The number of carbonyl (C=O) groups is 1. The predicted octanol–water partition coefficient (Wildman–Crippen LogP) is 5.06. The Morgan fingerprint density at radius 3 is 2.59 bits per heavy atom. The average molecular weight is 446 g/mol. The third-order valence-corrected chi connectivity index (χ3v) is 6.94. The molecule has 0 saturated carbocycles. The van der Waals surface area contributed by atoms with E-state index in [2.05, 4.69) is 4.98 Å². The summed E-state index contributed by atoms with van der Waals surface area (Å²) in [5, 5.41) is 0.290. The van der Waals surface area contributed by atoms with Gasteiger partial charge in [0.1, 0.15) is 0 Å². The van der Waals surface area contributed by atoms with Gasteiger partial charge in [0.2, 0.25) is 0 Å². The SMILES string of the molecule is O=C(c1ccccc1)c1cc(Cl)ccc1OS(=O)(=O)c1ccc(-c2cnco2)s1. The summed E-state index contributed by atoms with van der Waals surface area (Å²) in [4.78, 5) is 17.3. The fraction of sp³-hybridized carbons (Fsp3) is 0. The van der Waals surface area contributed by atoms with Crippen molar-refractivity contribution in [2.24, 2.45) is 0 Å². The Bertz CT molecular complexity index is 1270. The zero-order valence-electron chi connectivity index (χ0n) is 14.6. The molecule has 0 radical (unpaired) electrons. The van der Waals surface area contributed by atoms with Crippen LogP contribution in [0.1, 0.15) is 15.9 Å². The summed E-state index contributed by atoms with van der Waals surface area (Å²) in [7, 11) is -4.17. The lowest BCUT2D eigenvalue weighted by molar-refractivity contribution is 0.103. The molecule has 0 aliphatic heterocycles. The molecule has 2 aromatic heterocycles. The lowest BCUT2D eigenvalue weighted by Crippen LogP contribution is -2.12. The summed E-state index contributed by atoms with van der Waals surface area (Å²) >= 11 is 7.00. The zero-order valence-corrected chi connectivity index (χ0v) is 17.0. The van der Waals surface area contributed by atoms with E-state index in [1.807, 2.05) is 0 Å². The minimum atomic E-state index is -4.17. The summed E-state index contributed by atoms with van der Waals surface area (Å²) in [6.07, 6.45) is 2.74. The molecule has 4 aromatic rings. The maximum atomic E-state index is 12.9. The normalized spacial score (nSPS) is 11.3. The topological polar surface area (TPSA) is 86.5 Å². The second kappa shape index (κ2) is 7.82. The van der Waals surface area contributed by atoms with Gasteiger partial charge in [-0.15, -0.1) is 11.3 Å². The molecule has 2 heterocycles. The Morgan fingerprint density at radius 2 is 1.86 bits per heavy atom. The molecule has 146 valence electrons. The summed E-state index contributed by atoms with van der Waals surface area (Å²) in [5.41, 5.74) is 0.444. The van der Waals surface area contributed by atoms with Crippen LogP contribution in [0.4, 0.5) is 0 Å². The van der Waals surface area contributed by atoms with E-state index in [0.717, 1.165) is 11.3 Å². The number of thiophene rings is 1. The number of rotatable bonds is 6. The van der Waals surface area contributed by atoms with Gasteiger partial charge in [0, 0.05) is 10.6 Å². The third kappa shape index (κ3) is 4.09. The molecule has 0 saturated heterocycles. The minimum Gasteiger partial charge on any atom is -0.443 e. The number of carbonyl (C=O) groups excluding carboxylic acids is 1. The van der Waals surface area contributed by atoms with E-state index in [-0.39, 0.29) is 20.5 Å². The second-order valence-electron chi connectivity index (χ2n) is 5.86. The molecular weight excluding hydrogens is 434 g/mol. The Hall–Kier alpha value is -2.94. The van der Waals surface area contributed by atoms with Crippen LogP contribution in [0.5, 0.6) is 5.75 Å². The predicted molar refractivity (Wildman–Crippen MR) is 109 cm³/mol. The van der Waals surface area contributed by atoms with Gasteiger partial charge in [-0.1, -0.05) is 41.9 Å². The van der Waals surface area contributed by atoms with Crippen molar-refractivity contribution in [3.05, 3.63) is 89.4 Å². The van der Waals surface area contributed by atoms with Crippen LogP contribution in [-0.2, 0) is 10.1 Å². The van der Waals surface area contributed by atoms with Crippen molar-refractivity contribution in [1.29, 1.82) is 0 Å². The van der Waals surface area contributed by atoms with Crippen LogP contribution in [0.2, 0.25) is 5.02 Å². The molecule has 0 spiro atoms. The van der Waals surface area contributed by atoms with Crippen molar-refractivity contribution in [3.8, 4) is 16.4 Å². The fourth-order valence-electron chi connectivity index (χ4n) is 2.58. The van der Waals surface area contributed by atoms with Gasteiger partial charge in [-0.25, -0.2) is 4.98 Å². The van der Waals surface area contributed by atoms with Gasteiger partial charge in [0.25, 0.3) is 0 Å². The average Bonchev–Trinajstić information content (AvgIpc) is 3.41. The van der Waals surface area contributed by atoms with Crippen molar-refractivity contribution >= 4 is 38.8 Å². The summed E-state index contributed by atoms with van der Waals surface area (Å²) in [6.45, 7) is 0. The molecule has 9 heteroatoms. The molecule has 0 aliphatic rings. The van der Waals surface area contributed by atoms with Crippen molar-refractivity contribution < 1.29 is 21.8 Å². The minimum absolute atomic E-state index is 0.0306. The number of ketones is 1. The van der Waals surface area contributed by atoms with Gasteiger partial charge in [0.05, 0.1) is 16.6 Å². The number of halogens is 1. The fourth-order valence-corrected chi connectivity index (χ4v) is 4.92. The van der Waals surface area contributed by atoms with E-state index in [4.69, 9.17) is 20.2 Å². The Labute approximate surface area is 175 Å². The van der Waals surface area contributed by atoms with Crippen LogP contribution in [0, 0.1) is 0 Å². The first-order chi connectivity index (χ1) is 13.9. The largest absolute Gasteiger partial charge is 0.443 e. The van der Waals surface area contributed by atoms with E-state index < -0.39 is 15.9 Å². The molecule has 0 atom stereocenters. The van der Waals surface area contributed by atoms with Gasteiger partial charge in [0.15, 0.2) is 27.9 Å². The summed E-state index contributed by atoms with van der Waals surface area (Å²) < 4.78 is 36.0. The highest BCUT2D eigenvalue weighted by atomic mass is 35.5. The van der Waals surface area contributed by atoms with Gasteiger partial charge in [-0.3, -0.25) is 4.79 Å². The first-order valence-corrected chi connectivity index (χ1v) is 10.9. The molecule has 0 unspecified atom stereocenters. The molecule has 4 rings (SSSR count). The maximum Gasteiger partial charge on any atom is 0.348 e. The number of nitrogens with zero attached hydrogens (tertiary/aromatic N) is 1. The van der Waals surface area contributed by atoms with Crippen LogP contribution in [0.25, 0.3) is 10.6 Å². The van der Waals surface area contributed by atoms with Crippen molar-refractivity contribution in [3.63, 3.8) is 0 Å². The molecule has 29 heavy (non-hydrogen) atoms. The number of aromatic nitrogens is 1. The molecule has 2 aromatic carbocycles. The van der Waals surface area contributed by atoms with Crippen LogP contribution in [0.3, 0.4) is 0 Å². The monoisotopic (exact) mass is 445 g/mol. The highest BCUT2D eigenvalue weighted by Gasteiger charge is 2.24. The van der Waals surface area contributed by atoms with Crippen LogP contribution in [-0.4, -0.2) is 19.2 Å². The zero-order chi connectivity index (χ0) is 20.4. The number of oxazole rings is 1. The molecule has 6 nitrogen and oxygen atoms in total. The van der Waals surface area contributed by atoms with Gasteiger partial charge >= 0.3 is 10.1 Å². The lowest BCUT2D eigenvalue weighted by Gasteiger charge is -2.10. The Kier molecular flexibility index (Phi) is 5.23. The number of hydrogen-bond acceptors (Lipinski definition) is 7. The number of benzene rings is 2. The van der Waals surface area contributed by atoms with Gasteiger partial charge < -0.3 is 8.60 Å². The van der Waals surface area contributed by atoms with E-state index in [1.165, 1.54) is 36.9 Å². The Balaban J connectivity index is 1.68. The maximum absolute atomic E-state index is 12.9. The van der Waals surface area contributed by atoms with Crippen molar-refractivity contribution in [1.82, 2.24) is 4.98 Å². The van der Waals surface area contributed by atoms with Crippen molar-refractivity contribution in [2.75, 3.05) is 0 Å². The van der Waals surface area contributed by atoms with Gasteiger partial charge in [-0.2, -0.15) is 8.42 Å². The summed E-state index contributed by atoms with van der Waals surface area (Å²) in [6, 6.07) is 15.7. The van der Waals surface area contributed by atoms with E-state index in [0.29, 0.717) is 16.2 Å². The highest BCUT2D eigenvalue weighted by Crippen LogP contribution is 2.33. The van der Waals surface area contributed by atoms with Crippen LogP contribution in [0.15, 0.2) is 81.9 Å². The molecule has 0 N–H and O–H groups in total. The third-order valence-electron chi connectivity index (χ3n) is 3.92. The van der Waals surface area contributed by atoms with E-state index >= 15 is 0 Å². The van der Waals surface area contributed by atoms with E-state index in [9.17, 15) is 13.2 Å². The molecule has 0 bridgehead atoms. The lowest BCUT2D eigenvalue weighted by atomic mass is 10.0. The molecule has 0 aliphatic carbocycles. The van der Waals surface area contributed by atoms with Gasteiger partial charge in [-0.05, 0) is 30.3 Å². The quantitative estimate of drug-likeness (QED) is 0.304.